The molecular weight excluding hydrogens is 318 g/mol. The molecule has 22 heavy (non-hydrogen) atoms. The fraction of sp³-hybridized carbons (Fsp3) is 0.312. The van der Waals surface area contributed by atoms with Crippen molar-refractivity contribution in [3.63, 3.8) is 0 Å². The van der Waals surface area contributed by atoms with Crippen molar-refractivity contribution >= 4 is 46.3 Å². The van der Waals surface area contributed by atoms with Crippen LogP contribution in [0.4, 0.5) is 0 Å². The van der Waals surface area contributed by atoms with Crippen LogP contribution in [0.3, 0.4) is 0 Å². The summed E-state index contributed by atoms with van der Waals surface area (Å²) in [7, 11) is 1.28. The van der Waals surface area contributed by atoms with Crippen molar-refractivity contribution in [2.75, 3.05) is 13.7 Å². The Morgan fingerprint density at radius 2 is 2.00 bits per heavy atom. The van der Waals surface area contributed by atoms with Gasteiger partial charge in [0.15, 0.2) is 0 Å². The molecule has 1 amide bonds. The highest BCUT2D eigenvalue weighted by atomic mass is 32.2. The summed E-state index contributed by atoms with van der Waals surface area (Å²) in [6.07, 6.45) is 1.79. The Bertz CT molecular complexity index is 635. The van der Waals surface area contributed by atoms with Gasteiger partial charge in [0.25, 0.3) is 5.91 Å². The second-order valence-electron chi connectivity index (χ2n) is 5.17. The monoisotopic (exact) mass is 335 g/mol. The second-order valence-corrected chi connectivity index (χ2v) is 6.84. The Labute approximate surface area is 139 Å². The first-order valence-electron chi connectivity index (χ1n) is 6.84. The van der Waals surface area contributed by atoms with Crippen molar-refractivity contribution < 1.29 is 14.3 Å². The number of benzene rings is 1. The number of ether oxygens (including phenoxy) is 1. The van der Waals surface area contributed by atoms with E-state index in [1.165, 1.54) is 29.3 Å². The summed E-state index contributed by atoms with van der Waals surface area (Å²) in [5.74, 6) is -0.278. The first-order valence-corrected chi connectivity index (χ1v) is 8.07. The molecule has 1 aliphatic rings. The average Bonchev–Trinajstić information content (AvgIpc) is 2.75. The molecule has 0 atom stereocenters. The van der Waals surface area contributed by atoms with Gasteiger partial charge in [-0.2, -0.15) is 0 Å². The van der Waals surface area contributed by atoms with Gasteiger partial charge < -0.3 is 4.74 Å². The molecule has 0 aromatic heterocycles. The van der Waals surface area contributed by atoms with Crippen LogP contribution in [0.25, 0.3) is 6.08 Å². The zero-order valence-electron chi connectivity index (χ0n) is 12.7. The minimum atomic E-state index is -0.487. The number of amides is 1. The normalized spacial score (nSPS) is 16.7. The maximum atomic E-state index is 12.3. The number of methoxy groups -OCH3 is 1. The lowest BCUT2D eigenvalue weighted by Crippen LogP contribution is -2.33. The highest BCUT2D eigenvalue weighted by molar-refractivity contribution is 8.26. The summed E-state index contributed by atoms with van der Waals surface area (Å²) in [5.41, 5.74) is 2.18. The molecule has 0 saturated carbocycles. The number of thioether (sulfide) groups is 1. The minimum Gasteiger partial charge on any atom is -0.468 e. The van der Waals surface area contributed by atoms with Crippen molar-refractivity contribution in [3.8, 4) is 0 Å². The van der Waals surface area contributed by atoms with E-state index in [1.807, 2.05) is 24.3 Å². The molecule has 6 heteroatoms. The summed E-state index contributed by atoms with van der Waals surface area (Å²) in [5, 5.41) is 0. The van der Waals surface area contributed by atoms with Crippen LogP contribution in [0.2, 0.25) is 0 Å². The molecule has 0 unspecified atom stereocenters. The van der Waals surface area contributed by atoms with Crippen molar-refractivity contribution in [1.82, 2.24) is 4.90 Å². The average molecular weight is 335 g/mol. The van der Waals surface area contributed by atoms with Crippen LogP contribution in [0.5, 0.6) is 0 Å². The van der Waals surface area contributed by atoms with Crippen molar-refractivity contribution in [3.05, 3.63) is 40.3 Å². The quantitative estimate of drug-likeness (QED) is 0.480. The molecular formula is C16H17NO3S2. The van der Waals surface area contributed by atoms with E-state index >= 15 is 0 Å². The Hall–Kier alpha value is -1.66. The molecule has 4 nitrogen and oxygen atoms in total. The zero-order chi connectivity index (χ0) is 16.3. The van der Waals surface area contributed by atoms with Crippen LogP contribution in [-0.2, 0) is 14.3 Å². The van der Waals surface area contributed by atoms with E-state index in [2.05, 4.69) is 18.6 Å². The second kappa shape index (κ2) is 7.07. The Kier molecular flexibility index (Phi) is 5.37. The van der Waals surface area contributed by atoms with Gasteiger partial charge in [-0.1, -0.05) is 62.1 Å². The van der Waals surface area contributed by atoms with Gasteiger partial charge in [-0.3, -0.25) is 14.5 Å². The van der Waals surface area contributed by atoms with Crippen molar-refractivity contribution in [2.45, 2.75) is 19.8 Å². The van der Waals surface area contributed by atoms with Crippen LogP contribution in [0.1, 0.15) is 30.9 Å². The van der Waals surface area contributed by atoms with E-state index in [0.29, 0.717) is 15.1 Å². The molecule has 1 aromatic rings. The molecule has 0 N–H and O–H groups in total. The van der Waals surface area contributed by atoms with Crippen LogP contribution in [-0.4, -0.2) is 34.8 Å². The zero-order valence-corrected chi connectivity index (χ0v) is 14.3. The van der Waals surface area contributed by atoms with Crippen LogP contribution < -0.4 is 0 Å². The topological polar surface area (TPSA) is 46.6 Å². The predicted molar refractivity (Wildman–Crippen MR) is 92.4 cm³/mol. The lowest BCUT2D eigenvalue weighted by molar-refractivity contribution is -0.143. The van der Waals surface area contributed by atoms with Crippen LogP contribution >= 0.6 is 24.0 Å². The molecule has 116 valence electrons. The Balaban J connectivity index is 2.17. The van der Waals surface area contributed by atoms with E-state index in [9.17, 15) is 9.59 Å². The highest BCUT2D eigenvalue weighted by Gasteiger charge is 2.33. The lowest BCUT2D eigenvalue weighted by Gasteiger charge is -2.11. The molecule has 0 radical (unpaired) electrons. The molecule has 1 fully saturated rings. The molecule has 0 spiro atoms. The first-order chi connectivity index (χ1) is 10.4. The molecule has 1 aliphatic heterocycles. The van der Waals surface area contributed by atoms with Gasteiger partial charge in [-0.25, -0.2) is 0 Å². The largest absolute Gasteiger partial charge is 0.468 e. The standard InChI is InChI=1S/C16H17NO3S2/c1-10(2)12-6-4-11(5-7-12)8-13-15(19)17(16(21)22-13)9-14(18)20-3/h4-8,10H,9H2,1-3H3/b13-8-. The van der Waals surface area contributed by atoms with Crippen molar-refractivity contribution in [2.24, 2.45) is 0 Å². The van der Waals surface area contributed by atoms with Crippen molar-refractivity contribution in [1.29, 1.82) is 0 Å². The van der Waals surface area contributed by atoms with E-state index in [1.54, 1.807) is 6.08 Å². The summed E-state index contributed by atoms with van der Waals surface area (Å²) in [6, 6.07) is 8.04. The summed E-state index contributed by atoms with van der Waals surface area (Å²) in [6.45, 7) is 4.12. The third-order valence-corrected chi connectivity index (χ3v) is 4.67. The van der Waals surface area contributed by atoms with Gasteiger partial charge in [-0.15, -0.1) is 0 Å². The number of carbonyl (C=O) groups excluding carboxylic acids is 2. The lowest BCUT2D eigenvalue weighted by atomic mass is 10.0. The third-order valence-electron chi connectivity index (χ3n) is 3.29. The van der Waals surface area contributed by atoms with Crippen LogP contribution in [0, 0.1) is 0 Å². The number of hydrogen-bond donors (Lipinski definition) is 0. The third kappa shape index (κ3) is 3.75. The molecule has 2 rings (SSSR count). The van der Waals surface area contributed by atoms with E-state index < -0.39 is 5.97 Å². The number of hydrogen-bond acceptors (Lipinski definition) is 5. The van der Waals surface area contributed by atoms with Gasteiger partial charge in [0.2, 0.25) is 0 Å². The van der Waals surface area contributed by atoms with Gasteiger partial charge >= 0.3 is 5.97 Å². The molecule has 1 aromatic carbocycles. The van der Waals surface area contributed by atoms with Crippen LogP contribution in [0.15, 0.2) is 29.2 Å². The summed E-state index contributed by atoms with van der Waals surface area (Å²) < 4.78 is 4.95. The molecule has 0 aliphatic carbocycles. The van der Waals surface area contributed by atoms with Gasteiger partial charge in [0.05, 0.1) is 12.0 Å². The van der Waals surface area contributed by atoms with E-state index in [4.69, 9.17) is 12.2 Å². The van der Waals surface area contributed by atoms with Gasteiger partial charge in [0, 0.05) is 0 Å². The Morgan fingerprint density at radius 3 is 2.55 bits per heavy atom. The minimum absolute atomic E-state index is 0.148. The van der Waals surface area contributed by atoms with Gasteiger partial charge in [0.1, 0.15) is 10.9 Å². The van der Waals surface area contributed by atoms with Gasteiger partial charge in [-0.05, 0) is 23.1 Å². The first kappa shape index (κ1) is 16.7. The fourth-order valence-corrected chi connectivity index (χ4v) is 3.21. The smallest absolute Gasteiger partial charge is 0.325 e. The number of carbonyl (C=O) groups is 2. The summed E-state index contributed by atoms with van der Waals surface area (Å²) in [4.78, 5) is 25.4. The Morgan fingerprint density at radius 1 is 1.36 bits per heavy atom. The molecule has 0 bridgehead atoms. The number of esters is 1. The number of nitrogens with zero attached hydrogens (tertiary/aromatic N) is 1. The van der Waals surface area contributed by atoms with E-state index in [0.717, 1.165) is 5.56 Å². The fourth-order valence-electron chi connectivity index (χ4n) is 1.96. The molecule has 1 heterocycles. The maximum absolute atomic E-state index is 12.3. The molecule has 1 saturated heterocycles. The number of rotatable bonds is 4. The highest BCUT2D eigenvalue weighted by Crippen LogP contribution is 2.32. The maximum Gasteiger partial charge on any atom is 0.325 e. The van der Waals surface area contributed by atoms with E-state index in [-0.39, 0.29) is 12.5 Å². The summed E-state index contributed by atoms with van der Waals surface area (Å²) >= 11 is 6.35. The SMILES string of the molecule is COC(=O)CN1C(=O)/C(=C/c2ccc(C(C)C)cc2)SC1=S. The predicted octanol–water partition coefficient (Wildman–Crippen LogP) is 3.18. The number of thiocarbonyl (C=S) groups is 1.